The number of hydrogen-bond donors (Lipinski definition) is 1. The number of nitrogens with zero attached hydrogens (tertiary/aromatic N) is 1. The van der Waals surface area contributed by atoms with E-state index in [4.69, 9.17) is 0 Å². The molecule has 106 valence electrons. The number of fused-ring (bicyclic) bond motifs is 1. The van der Waals surface area contributed by atoms with Crippen LogP contribution in [0.5, 0.6) is 0 Å². The topological polar surface area (TPSA) is 110 Å². The van der Waals surface area contributed by atoms with Gasteiger partial charge in [0.15, 0.2) is 0 Å². The predicted octanol–water partition coefficient (Wildman–Crippen LogP) is 0.132. The van der Waals surface area contributed by atoms with Crippen LogP contribution in [0, 0.1) is 0 Å². The van der Waals surface area contributed by atoms with Crippen molar-refractivity contribution in [3.8, 4) is 0 Å². The number of amides is 3. The fraction of sp³-hybridized carbons (Fsp3) is 0.182. The largest absolute Gasteiger partial charge is 0.326 e. The number of imide groups is 1. The zero-order valence-electron chi connectivity index (χ0n) is 10.5. The minimum Gasteiger partial charge on any atom is -0.326 e. The van der Waals surface area contributed by atoms with E-state index in [9.17, 15) is 22.8 Å². The van der Waals surface area contributed by atoms with Crippen molar-refractivity contribution in [3.63, 3.8) is 0 Å². The van der Waals surface area contributed by atoms with E-state index in [-0.39, 0.29) is 22.1 Å². The summed E-state index contributed by atoms with van der Waals surface area (Å²) in [6.45, 7) is 1.29. The minimum absolute atomic E-state index is 0.00718. The van der Waals surface area contributed by atoms with Crippen LogP contribution in [-0.4, -0.2) is 37.5 Å². The number of carbonyl (C=O) groups is 3. The molecule has 1 aromatic rings. The number of benzene rings is 1. The maximum atomic E-state index is 11.9. The van der Waals surface area contributed by atoms with Gasteiger partial charge in [0.25, 0.3) is 21.9 Å². The summed E-state index contributed by atoms with van der Waals surface area (Å²) in [6.07, 6.45) is 0.722. The first-order chi connectivity index (χ1) is 9.19. The van der Waals surface area contributed by atoms with Gasteiger partial charge in [-0.05, 0) is 18.2 Å². The predicted molar refractivity (Wildman–Crippen MR) is 67.2 cm³/mol. The highest BCUT2D eigenvalue weighted by molar-refractivity contribution is 7.85. The Morgan fingerprint density at radius 2 is 1.80 bits per heavy atom. The fourth-order valence-corrected chi connectivity index (χ4v) is 2.11. The van der Waals surface area contributed by atoms with Gasteiger partial charge in [-0.1, -0.05) is 0 Å². The van der Waals surface area contributed by atoms with Crippen molar-refractivity contribution >= 4 is 33.5 Å². The van der Waals surface area contributed by atoms with Gasteiger partial charge in [0, 0.05) is 12.6 Å². The molecule has 0 bridgehead atoms. The number of anilines is 1. The van der Waals surface area contributed by atoms with Gasteiger partial charge in [-0.25, -0.2) is 0 Å². The highest BCUT2D eigenvalue weighted by atomic mass is 32.2. The maximum Gasteiger partial charge on any atom is 0.287 e. The van der Waals surface area contributed by atoms with Gasteiger partial charge in [-0.2, -0.15) is 8.42 Å². The van der Waals surface area contributed by atoms with Crippen LogP contribution in [0.2, 0.25) is 0 Å². The molecule has 1 aromatic carbocycles. The van der Waals surface area contributed by atoms with Crippen LogP contribution >= 0.6 is 0 Å². The summed E-state index contributed by atoms with van der Waals surface area (Å²) in [5.74, 6) is -2.11. The van der Waals surface area contributed by atoms with E-state index in [0.717, 1.165) is 6.26 Å². The first kappa shape index (κ1) is 14.2. The van der Waals surface area contributed by atoms with E-state index in [2.05, 4.69) is 9.60 Å². The molecule has 0 aliphatic carbocycles. The van der Waals surface area contributed by atoms with Gasteiger partial charge in [0.05, 0.1) is 17.4 Å². The summed E-state index contributed by atoms with van der Waals surface area (Å²) in [5, 5.41) is 2.63. The Hall–Kier alpha value is -2.26. The van der Waals surface area contributed by atoms with Crippen molar-refractivity contribution < 1.29 is 27.1 Å². The lowest BCUT2D eigenvalue weighted by Gasteiger charge is -2.09. The Bertz CT molecular complexity index is 724. The van der Waals surface area contributed by atoms with Crippen LogP contribution < -0.4 is 5.32 Å². The number of carbonyl (C=O) groups excluding carboxylic acids is 3. The monoisotopic (exact) mass is 298 g/mol. The van der Waals surface area contributed by atoms with E-state index < -0.39 is 21.9 Å². The molecule has 1 aliphatic rings. The van der Waals surface area contributed by atoms with Crippen LogP contribution in [0.25, 0.3) is 0 Å². The normalized spacial score (nSPS) is 14.4. The number of nitrogens with one attached hydrogen (secondary N) is 1. The van der Waals surface area contributed by atoms with Gasteiger partial charge in [0.2, 0.25) is 5.91 Å². The maximum absolute atomic E-state index is 11.9. The molecule has 1 heterocycles. The molecule has 0 aromatic heterocycles. The van der Waals surface area contributed by atoms with Gasteiger partial charge in [-0.15, -0.1) is 9.35 Å². The standard InChI is InChI=1S/C11H10N2O6S/c1-6(14)12-7-3-4-8-9(5-7)11(16)13(10(8)15)19-20(2,17)18/h3-5H,1-2H3,(H,12,14). The van der Waals surface area contributed by atoms with Crippen LogP contribution in [0.3, 0.4) is 0 Å². The summed E-state index contributed by atoms with van der Waals surface area (Å²) in [7, 11) is -4.01. The van der Waals surface area contributed by atoms with Crippen LogP contribution in [0.4, 0.5) is 5.69 Å². The Kier molecular flexibility index (Phi) is 3.32. The molecule has 9 heteroatoms. The average Bonchev–Trinajstić information content (AvgIpc) is 2.52. The smallest absolute Gasteiger partial charge is 0.287 e. The highest BCUT2D eigenvalue weighted by Gasteiger charge is 2.39. The van der Waals surface area contributed by atoms with E-state index >= 15 is 0 Å². The summed E-state index contributed by atoms with van der Waals surface area (Å²) < 4.78 is 26.4. The number of hydroxylamine groups is 2. The SMILES string of the molecule is CC(=O)Nc1ccc2c(c1)C(=O)N(OS(C)(=O)=O)C2=O. The second-order valence-electron chi connectivity index (χ2n) is 4.12. The quantitative estimate of drug-likeness (QED) is 0.794. The molecule has 0 spiro atoms. The summed E-state index contributed by atoms with van der Waals surface area (Å²) in [6, 6.07) is 4.02. The Labute approximate surface area is 114 Å². The van der Waals surface area contributed by atoms with Crippen molar-refractivity contribution in [2.75, 3.05) is 11.6 Å². The Morgan fingerprint density at radius 3 is 2.35 bits per heavy atom. The van der Waals surface area contributed by atoms with E-state index in [1.807, 2.05) is 0 Å². The molecule has 0 saturated carbocycles. The Morgan fingerprint density at radius 1 is 1.20 bits per heavy atom. The van der Waals surface area contributed by atoms with E-state index in [0.29, 0.717) is 5.69 Å². The molecule has 0 fully saturated rings. The van der Waals surface area contributed by atoms with Crippen molar-refractivity contribution in [3.05, 3.63) is 29.3 Å². The van der Waals surface area contributed by atoms with Crippen molar-refractivity contribution in [2.24, 2.45) is 0 Å². The molecule has 1 aliphatic heterocycles. The second-order valence-corrected chi connectivity index (χ2v) is 5.68. The molecule has 1 N–H and O–H groups in total. The van der Waals surface area contributed by atoms with Crippen LogP contribution in [0.15, 0.2) is 18.2 Å². The molecule has 3 amide bonds. The molecular weight excluding hydrogens is 288 g/mol. The van der Waals surface area contributed by atoms with Gasteiger partial charge in [0.1, 0.15) is 0 Å². The molecule has 2 rings (SSSR count). The highest BCUT2D eigenvalue weighted by Crippen LogP contribution is 2.26. The third-order valence-corrected chi connectivity index (χ3v) is 2.80. The van der Waals surface area contributed by atoms with Gasteiger partial charge >= 0.3 is 0 Å². The molecule has 0 atom stereocenters. The lowest BCUT2D eigenvalue weighted by atomic mass is 10.1. The molecule has 0 saturated heterocycles. The molecule has 0 unspecified atom stereocenters. The molecule has 8 nitrogen and oxygen atoms in total. The molecular formula is C11H10N2O6S. The van der Waals surface area contributed by atoms with Crippen LogP contribution in [-0.2, 0) is 19.2 Å². The summed E-state index contributed by atoms with van der Waals surface area (Å²) >= 11 is 0. The van der Waals surface area contributed by atoms with E-state index in [1.54, 1.807) is 0 Å². The summed E-state index contributed by atoms with van der Waals surface area (Å²) in [5.41, 5.74) is 0.288. The number of rotatable bonds is 3. The lowest BCUT2D eigenvalue weighted by Crippen LogP contribution is -2.32. The zero-order chi connectivity index (χ0) is 15.1. The first-order valence-corrected chi connectivity index (χ1v) is 7.20. The third-order valence-electron chi connectivity index (χ3n) is 2.38. The fourth-order valence-electron chi connectivity index (χ4n) is 1.70. The molecule has 0 radical (unpaired) electrons. The lowest BCUT2D eigenvalue weighted by molar-refractivity contribution is -0.114. The molecule has 20 heavy (non-hydrogen) atoms. The minimum atomic E-state index is -4.01. The first-order valence-electron chi connectivity index (χ1n) is 5.39. The van der Waals surface area contributed by atoms with E-state index in [1.165, 1.54) is 25.1 Å². The van der Waals surface area contributed by atoms with Gasteiger partial charge < -0.3 is 5.32 Å². The second kappa shape index (κ2) is 4.69. The van der Waals surface area contributed by atoms with Crippen LogP contribution in [0.1, 0.15) is 27.6 Å². The average molecular weight is 298 g/mol. The number of hydrogen-bond acceptors (Lipinski definition) is 6. The zero-order valence-corrected chi connectivity index (χ0v) is 11.4. The summed E-state index contributed by atoms with van der Waals surface area (Å²) in [4.78, 5) is 34.7. The third kappa shape index (κ3) is 2.68. The van der Waals surface area contributed by atoms with Crippen molar-refractivity contribution in [2.45, 2.75) is 6.92 Å². The van der Waals surface area contributed by atoms with Crippen molar-refractivity contribution in [1.82, 2.24) is 5.06 Å². The van der Waals surface area contributed by atoms with Crippen molar-refractivity contribution in [1.29, 1.82) is 0 Å². The van der Waals surface area contributed by atoms with Gasteiger partial charge in [-0.3, -0.25) is 14.4 Å². The Balaban J connectivity index is 2.39.